The zero-order chi connectivity index (χ0) is 23.6. The van der Waals surface area contributed by atoms with Gasteiger partial charge in [0, 0.05) is 31.1 Å². The highest BCUT2D eigenvalue weighted by molar-refractivity contribution is 5.53. The summed E-state index contributed by atoms with van der Waals surface area (Å²) in [6.45, 7) is 1.04. The average molecular weight is 469 g/mol. The number of halogens is 4. The monoisotopic (exact) mass is 469 g/mol. The second-order valence-corrected chi connectivity index (χ2v) is 8.76. The van der Waals surface area contributed by atoms with Crippen molar-refractivity contribution in [3.05, 3.63) is 47.5 Å². The molecule has 1 aromatic heterocycles. The number of hydrogen-bond donors (Lipinski definition) is 4. The molecule has 2 heterocycles. The van der Waals surface area contributed by atoms with Crippen molar-refractivity contribution in [2.24, 2.45) is 5.41 Å². The second-order valence-electron chi connectivity index (χ2n) is 8.76. The Morgan fingerprint density at radius 1 is 1.18 bits per heavy atom. The Balaban J connectivity index is 1.52. The standard InChI is InChI=1S/C22H27F4N5O2/c23-18-19(28-11-21(12-32)7-8-27-9-17(21)33)29-13-30-20(18)31(16-5-6-16)10-14-1-3-15(4-2-14)22(24,25)26/h1-4,13,16-17,27,32-33H,5-12H2,(H,28,29,30). The number of β-amino-alcohol motifs (C(OH)–C–C–N with tert-alkyl or cyclic N) is 1. The maximum Gasteiger partial charge on any atom is 0.416 e. The van der Waals surface area contributed by atoms with E-state index >= 15 is 4.39 Å². The quantitative estimate of drug-likeness (QED) is 0.442. The van der Waals surface area contributed by atoms with Crippen LogP contribution >= 0.6 is 0 Å². The third-order valence-corrected chi connectivity index (χ3v) is 6.43. The zero-order valence-electron chi connectivity index (χ0n) is 17.9. The summed E-state index contributed by atoms with van der Waals surface area (Å²) in [5, 5.41) is 26.2. The van der Waals surface area contributed by atoms with Gasteiger partial charge in [0.05, 0.1) is 18.3 Å². The first-order valence-electron chi connectivity index (χ1n) is 10.9. The molecule has 2 atom stereocenters. The summed E-state index contributed by atoms with van der Waals surface area (Å²) >= 11 is 0. The molecule has 11 heteroatoms. The van der Waals surface area contributed by atoms with Crippen LogP contribution in [0.4, 0.5) is 29.2 Å². The Kier molecular flexibility index (Phi) is 6.73. The molecule has 0 radical (unpaired) electrons. The number of piperidine rings is 1. The summed E-state index contributed by atoms with van der Waals surface area (Å²) in [5.41, 5.74) is -0.944. The summed E-state index contributed by atoms with van der Waals surface area (Å²) in [5.74, 6) is -0.650. The highest BCUT2D eigenvalue weighted by Crippen LogP contribution is 2.36. The molecule has 2 unspecified atom stereocenters. The third kappa shape index (κ3) is 5.20. The van der Waals surface area contributed by atoms with Crippen molar-refractivity contribution in [3.8, 4) is 0 Å². The maximum absolute atomic E-state index is 15.4. The summed E-state index contributed by atoms with van der Waals surface area (Å²) < 4.78 is 53.9. The minimum atomic E-state index is -4.41. The maximum atomic E-state index is 15.4. The molecule has 2 fully saturated rings. The number of aromatic nitrogens is 2. The molecule has 4 N–H and O–H groups in total. The summed E-state index contributed by atoms with van der Waals surface area (Å²) in [7, 11) is 0. The fourth-order valence-electron chi connectivity index (χ4n) is 4.11. The van der Waals surface area contributed by atoms with Gasteiger partial charge in [-0.05, 0) is 43.5 Å². The Labute approximate surface area is 188 Å². The van der Waals surface area contributed by atoms with E-state index < -0.39 is 29.1 Å². The summed E-state index contributed by atoms with van der Waals surface area (Å²) in [6, 6.07) is 4.85. The van der Waals surface area contributed by atoms with Crippen LogP contribution in [0, 0.1) is 11.2 Å². The normalized spacial score (nSPS) is 23.4. The number of nitrogens with zero attached hydrogens (tertiary/aromatic N) is 3. The predicted molar refractivity (Wildman–Crippen MR) is 114 cm³/mol. The van der Waals surface area contributed by atoms with Crippen LogP contribution in [-0.2, 0) is 12.7 Å². The lowest BCUT2D eigenvalue weighted by molar-refractivity contribution is -0.137. The molecule has 1 aromatic carbocycles. The Morgan fingerprint density at radius 3 is 2.52 bits per heavy atom. The Morgan fingerprint density at radius 2 is 1.91 bits per heavy atom. The van der Waals surface area contributed by atoms with Gasteiger partial charge in [-0.25, -0.2) is 9.97 Å². The first-order chi connectivity index (χ1) is 15.7. The van der Waals surface area contributed by atoms with Gasteiger partial charge < -0.3 is 25.7 Å². The highest BCUT2D eigenvalue weighted by Gasteiger charge is 2.40. The molecule has 7 nitrogen and oxygen atoms in total. The average Bonchev–Trinajstić information content (AvgIpc) is 3.63. The number of hydrogen-bond acceptors (Lipinski definition) is 7. The van der Waals surface area contributed by atoms with Crippen molar-refractivity contribution in [1.82, 2.24) is 15.3 Å². The van der Waals surface area contributed by atoms with Crippen LogP contribution in [0.15, 0.2) is 30.6 Å². The van der Waals surface area contributed by atoms with Gasteiger partial charge in [-0.3, -0.25) is 0 Å². The van der Waals surface area contributed by atoms with E-state index in [1.807, 2.05) is 0 Å². The molecular weight excluding hydrogens is 442 g/mol. The van der Waals surface area contributed by atoms with E-state index in [2.05, 4.69) is 20.6 Å². The van der Waals surface area contributed by atoms with E-state index in [4.69, 9.17) is 0 Å². The number of rotatable bonds is 8. The van der Waals surface area contributed by atoms with E-state index in [9.17, 15) is 23.4 Å². The molecule has 2 aliphatic rings. The van der Waals surface area contributed by atoms with Gasteiger partial charge >= 0.3 is 6.18 Å². The van der Waals surface area contributed by atoms with Crippen LogP contribution in [0.2, 0.25) is 0 Å². The first kappa shape index (κ1) is 23.7. The minimum Gasteiger partial charge on any atom is -0.396 e. The molecule has 0 spiro atoms. The van der Waals surface area contributed by atoms with Crippen molar-refractivity contribution in [2.45, 2.75) is 44.1 Å². The van der Waals surface area contributed by atoms with Crippen molar-refractivity contribution >= 4 is 11.6 Å². The van der Waals surface area contributed by atoms with Gasteiger partial charge in [0.25, 0.3) is 0 Å². The molecule has 180 valence electrons. The lowest BCUT2D eigenvalue weighted by atomic mass is 9.77. The van der Waals surface area contributed by atoms with Crippen LogP contribution in [-0.4, -0.2) is 58.6 Å². The number of aliphatic hydroxyl groups excluding tert-OH is 2. The lowest BCUT2D eigenvalue weighted by Gasteiger charge is -2.40. The van der Waals surface area contributed by atoms with Gasteiger partial charge in [0.2, 0.25) is 5.82 Å². The van der Waals surface area contributed by atoms with Crippen LogP contribution in [0.3, 0.4) is 0 Å². The molecule has 1 saturated heterocycles. The van der Waals surface area contributed by atoms with Crippen LogP contribution in [0.25, 0.3) is 0 Å². The number of aliphatic hydroxyl groups is 2. The van der Waals surface area contributed by atoms with Gasteiger partial charge in [-0.2, -0.15) is 17.6 Å². The second kappa shape index (κ2) is 9.40. The first-order valence-corrected chi connectivity index (χ1v) is 10.9. The lowest BCUT2D eigenvalue weighted by Crippen LogP contribution is -2.54. The highest BCUT2D eigenvalue weighted by atomic mass is 19.4. The van der Waals surface area contributed by atoms with Gasteiger partial charge in [-0.1, -0.05) is 12.1 Å². The Hall–Kier alpha value is -2.50. The third-order valence-electron chi connectivity index (χ3n) is 6.43. The Bertz CT molecular complexity index is 955. The van der Waals surface area contributed by atoms with Crippen molar-refractivity contribution in [3.63, 3.8) is 0 Å². The van der Waals surface area contributed by atoms with Crippen LogP contribution in [0.5, 0.6) is 0 Å². The molecule has 1 aliphatic carbocycles. The topological polar surface area (TPSA) is 93.5 Å². The minimum absolute atomic E-state index is 0.0413. The number of anilines is 2. The van der Waals surface area contributed by atoms with E-state index in [-0.39, 0.29) is 37.4 Å². The van der Waals surface area contributed by atoms with Gasteiger partial charge in [0.15, 0.2) is 11.6 Å². The molecular formula is C22H27F4N5O2. The van der Waals surface area contributed by atoms with Crippen molar-refractivity contribution < 1.29 is 27.8 Å². The van der Waals surface area contributed by atoms with E-state index in [0.717, 1.165) is 25.0 Å². The fourth-order valence-corrected chi connectivity index (χ4v) is 4.11. The van der Waals surface area contributed by atoms with Gasteiger partial charge in [0.1, 0.15) is 6.33 Å². The van der Waals surface area contributed by atoms with Gasteiger partial charge in [-0.15, -0.1) is 0 Å². The largest absolute Gasteiger partial charge is 0.416 e. The molecule has 1 saturated carbocycles. The molecule has 4 rings (SSSR count). The molecule has 33 heavy (non-hydrogen) atoms. The van der Waals surface area contributed by atoms with Crippen LogP contribution < -0.4 is 15.5 Å². The molecule has 2 aromatic rings. The van der Waals surface area contributed by atoms with Crippen molar-refractivity contribution in [2.75, 3.05) is 36.5 Å². The molecule has 0 bridgehead atoms. The van der Waals surface area contributed by atoms with E-state index in [1.165, 1.54) is 18.5 Å². The molecule has 0 amide bonds. The SMILES string of the molecule is OCC1(CNc2ncnc(N(Cc3ccc(C(F)(F)F)cc3)C3CC3)c2F)CCNCC1O. The number of nitrogens with one attached hydrogen (secondary N) is 2. The van der Waals surface area contributed by atoms with E-state index in [0.29, 0.717) is 25.1 Å². The smallest absolute Gasteiger partial charge is 0.396 e. The van der Waals surface area contributed by atoms with E-state index in [1.54, 1.807) is 4.90 Å². The fraction of sp³-hybridized carbons (Fsp3) is 0.545. The summed E-state index contributed by atoms with van der Waals surface area (Å²) in [4.78, 5) is 9.85. The van der Waals surface area contributed by atoms with Crippen LogP contribution in [0.1, 0.15) is 30.4 Å². The zero-order valence-corrected chi connectivity index (χ0v) is 17.9. The number of alkyl halides is 3. The predicted octanol–water partition coefficient (Wildman–Crippen LogP) is 2.55. The molecule has 1 aliphatic heterocycles. The summed E-state index contributed by atoms with van der Waals surface area (Å²) in [6.07, 6.45) is -1.80. The number of benzene rings is 1. The van der Waals surface area contributed by atoms with Crippen molar-refractivity contribution in [1.29, 1.82) is 0 Å².